The van der Waals surface area contributed by atoms with Gasteiger partial charge in [-0.2, -0.15) is 0 Å². The maximum absolute atomic E-state index is 12.2. The molecule has 4 atom stereocenters. The molecule has 2 bridgehead atoms. The molecule has 18 heavy (non-hydrogen) atoms. The van der Waals surface area contributed by atoms with Crippen LogP contribution in [-0.4, -0.2) is 23.6 Å². The Morgan fingerprint density at radius 2 is 2.17 bits per heavy atom. The zero-order valence-electron chi connectivity index (χ0n) is 11.2. The monoisotopic (exact) mass is 252 g/mol. The molecular formula is C14H20O4. The van der Waals surface area contributed by atoms with Crippen molar-refractivity contribution in [3.05, 3.63) is 0 Å². The van der Waals surface area contributed by atoms with Gasteiger partial charge in [-0.3, -0.25) is 9.59 Å². The third-order valence-electron chi connectivity index (χ3n) is 5.08. The van der Waals surface area contributed by atoms with Crippen molar-refractivity contribution in [1.29, 1.82) is 0 Å². The van der Waals surface area contributed by atoms with E-state index in [-0.39, 0.29) is 29.9 Å². The molecule has 0 amide bonds. The first-order valence-electron chi connectivity index (χ1n) is 6.81. The summed E-state index contributed by atoms with van der Waals surface area (Å²) in [6.45, 7) is 5.80. The van der Waals surface area contributed by atoms with Crippen molar-refractivity contribution >= 4 is 11.9 Å². The first-order chi connectivity index (χ1) is 8.37. The predicted octanol–water partition coefficient (Wildman–Crippen LogP) is 2.06. The summed E-state index contributed by atoms with van der Waals surface area (Å²) in [6.07, 6.45) is 2.92. The van der Waals surface area contributed by atoms with E-state index >= 15 is 0 Å². The van der Waals surface area contributed by atoms with Crippen LogP contribution in [-0.2, 0) is 19.1 Å². The van der Waals surface area contributed by atoms with E-state index in [1.165, 1.54) is 0 Å². The van der Waals surface area contributed by atoms with E-state index in [0.29, 0.717) is 12.8 Å². The van der Waals surface area contributed by atoms with E-state index in [0.717, 1.165) is 12.8 Å². The Labute approximate surface area is 107 Å². The van der Waals surface area contributed by atoms with Gasteiger partial charge >= 0.3 is 11.9 Å². The molecule has 3 fully saturated rings. The van der Waals surface area contributed by atoms with Gasteiger partial charge in [-0.25, -0.2) is 0 Å². The van der Waals surface area contributed by atoms with Gasteiger partial charge in [-0.1, -0.05) is 6.92 Å². The summed E-state index contributed by atoms with van der Waals surface area (Å²) in [5, 5.41) is 0. The molecule has 0 N–H and O–H groups in total. The minimum atomic E-state index is -0.445. The van der Waals surface area contributed by atoms with E-state index in [1.807, 2.05) is 20.8 Å². The Kier molecular flexibility index (Phi) is 2.32. The highest BCUT2D eigenvalue weighted by Gasteiger charge is 2.65. The van der Waals surface area contributed by atoms with E-state index in [9.17, 15) is 9.59 Å². The second kappa shape index (κ2) is 3.49. The molecule has 1 heterocycles. The minimum Gasteiger partial charge on any atom is -0.462 e. The largest absolute Gasteiger partial charge is 0.462 e. The van der Waals surface area contributed by atoms with Gasteiger partial charge in [0.25, 0.3) is 0 Å². The highest BCUT2D eigenvalue weighted by molar-refractivity contribution is 5.79. The number of hydrogen-bond donors (Lipinski definition) is 0. The molecule has 3 rings (SSSR count). The van der Waals surface area contributed by atoms with Gasteiger partial charge in [0.05, 0.1) is 11.3 Å². The molecular weight excluding hydrogens is 232 g/mol. The van der Waals surface area contributed by atoms with Crippen LogP contribution < -0.4 is 0 Å². The van der Waals surface area contributed by atoms with Gasteiger partial charge in [-0.15, -0.1) is 0 Å². The average Bonchev–Trinajstić information content (AvgIpc) is 2.86. The second-order valence-corrected chi connectivity index (χ2v) is 6.67. The first kappa shape index (κ1) is 12.0. The fourth-order valence-corrected chi connectivity index (χ4v) is 3.51. The Balaban J connectivity index is 1.76. The minimum absolute atomic E-state index is 0.00575. The molecule has 1 saturated heterocycles. The lowest BCUT2D eigenvalue weighted by Gasteiger charge is -2.31. The smallest absolute Gasteiger partial charge is 0.312 e. The van der Waals surface area contributed by atoms with Crippen LogP contribution in [0.1, 0.15) is 46.5 Å². The lowest BCUT2D eigenvalue weighted by Crippen LogP contribution is -2.38. The summed E-state index contributed by atoms with van der Waals surface area (Å²) in [5.41, 5.74) is -0.866. The Morgan fingerprint density at radius 3 is 2.72 bits per heavy atom. The molecule has 0 aromatic carbocycles. The van der Waals surface area contributed by atoms with Crippen molar-refractivity contribution in [3.63, 3.8) is 0 Å². The highest BCUT2D eigenvalue weighted by atomic mass is 16.6. The maximum atomic E-state index is 12.2. The quantitative estimate of drug-likeness (QED) is 0.721. The van der Waals surface area contributed by atoms with E-state index in [4.69, 9.17) is 9.47 Å². The lowest BCUT2D eigenvalue weighted by atomic mass is 9.87. The molecule has 0 aromatic rings. The normalized spacial score (nSPS) is 41.1. The predicted molar refractivity (Wildman–Crippen MR) is 63.6 cm³/mol. The molecule has 4 nitrogen and oxygen atoms in total. The molecule has 0 spiro atoms. The van der Waals surface area contributed by atoms with E-state index in [2.05, 4.69) is 0 Å². The molecule has 2 aliphatic carbocycles. The topological polar surface area (TPSA) is 52.6 Å². The Hall–Kier alpha value is -1.06. The fourth-order valence-electron chi connectivity index (χ4n) is 3.51. The zero-order chi connectivity index (χ0) is 13.1. The molecule has 3 aliphatic rings. The zero-order valence-corrected chi connectivity index (χ0v) is 11.2. The molecule has 0 aromatic heterocycles. The van der Waals surface area contributed by atoms with Crippen molar-refractivity contribution in [1.82, 2.24) is 0 Å². The van der Waals surface area contributed by atoms with Crippen LogP contribution in [0, 0.1) is 17.3 Å². The maximum Gasteiger partial charge on any atom is 0.312 e. The molecule has 2 saturated carbocycles. The van der Waals surface area contributed by atoms with Crippen LogP contribution in [0.3, 0.4) is 0 Å². The van der Waals surface area contributed by atoms with Crippen LogP contribution in [0.2, 0.25) is 0 Å². The summed E-state index contributed by atoms with van der Waals surface area (Å²) >= 11 is 0. The van der Waals surface area contributed by atoms with Crippen molar-refractivity contribution in [2.75, 3.05) is 0 Å². The summed E-state index contributed by atoms with van der Waals surface area (Å²) in [4.78, 5) is 23.8. The van der Waals surface area contributed by atoms with Gasteiger partial charge in [0.1, 0.15) is 11.7 Å². The van der Waals surface area contributed by atoms with Crippen LogP contribution in [0.4, 0.5) is 0 Å². The van der Waals surface area contributed by atoms with Crippen LogP contribution in [0.5, 0.6) is 0 Å². The Bertz CT molecular complexity index is 410. The third kappa shape index (κ3) is 1.50. The summed E-state index contributed by atoms with van der Waals surface area (Å²) in [7, 11) is 0. The van der Waals surface area contributed by atoms with Crippen molar-refractivity contribution in [2.24, 2.45) is 17.3 Å². The lowest BCUT2D eigenvalue weighted by molar-refractivity contribution is -0.170. The number of rotatable bonds is 3. The standard InChI is InChI=1S/C14H20O4/c1-4-13(2,3)12(16)18-14-5-8-9(6-14)11(15)17-10(8)7-14/h8-10H,4-7H2,1-3H3. The van der Waals surface area contributed by atoms with E-state index < -0.39 is 11.0 Å². The van der Waals surface area contributed by atoms with Gasteiger partial charge < -0.3 is 9.47 Å². The third-order valence-corrected chi connectivity index (χ3v) is 5.08. The van der Waals surface area contributed by atoms with Crippen molar-refractivity contribution in [3.8, 4) is 0 Å². The second-order valence-electron chi connectivity index (χ2n) is 6.67. The van der Waals surface area contributed by atoms with Crippen LogP contribution in [0.15, 0.2) is 0 Å². The molecule has 1 aliphatic heterocycles. The number of hydrogen-bond acceptors (Lipinski definition) is 4. The number of fused-ring (bicyclic) bond motifs is 1. The number of ether oxygens (including phenoxy) is 2. The van der Waals surface area contributed by atoms with Crippen molar-refractivity contribution < 1.29 is 19.1 Å². The fraction of sp³-hybridized carbons (Fsp3) is 0.857. The molecule has 100 valence electrons. The van der Waals surface area contributed by atoms with Crippen LogP contribution in [0.25, 0.3) is 0 Å². The summed E-state index contributed by atoms with van der Waals surface area (Å²) in [6, 6.07) is 0. The summed E-state index contributed by atoms with van der Waals surface area (Å²) in [5.74, 6) is 0.0332. The number of esters is 2. The molecule has 0 radical (unpaired) electrons. The van der Waals surface area contributed by atoms with Gasteiger partial charge in [0.15, 0.2) is 0 Å². The molecule has 4 unspecified atom stereocenters. The van der Waals surface area contributed by atoms with Gasteiger partial charge in [-0.05, 0) is 26.7 Å². The SMILES string of the molecule is CCC(C)(C)C(=O)OC12CC3OC(=O)C(C1)C3C2. The highest BCUT2D eigenvalue weighted by Crippen LogP contribution is 2.58. The van der Waals surface area contributed by atoms with Crippen LogP contribution >= 0.6 is 0 Å². The van der Waals surface area contributed by atoms with Gasteiger partial charge in [0.2, 0.25) is 0 Å². The average molecular weight is 252 g/mol. The number of carbonyl (C=O) groups excluding carboxylic acids is 2. The summed E-state index contributed by atoms with van der Waals surface area (Å²) < 4.78 is 11.1. The first-order valence-corrected chi connectivity index (χ1v) is 6.81. The van der Waals surface area contributed by atoms with E-state index in [1.54, 1.807) is 0 Å². The molecule has 4 heteroatoms. The Morgan fingerprint density at radius 1 is 1.44 bits per heavy atom. The van der Waals surface area contributed by atoms with Gasteiger partial charge in [0, 0.05) is 18.8 Å². The number of carbonyl (C=O) groups is 2. The van der Waals surface area contributed by atoms with Crippen molar-refractivity contribution in [2.45, 2.75) is 58.2 Å².